The average Bonchev–Trinajstić information content (AvgIpc) is 3.25. The van der Waals surface area contributed by atoms with Gasteiger partial charge >= 0.3 is 0 Å². The zero-order valence-corrected chi connectivity index (χ0v) is 16.5. The second kappa shape index (κ2) is 8.32. The fraction of sp³-hybridized carbons (Fsp3) is 0.696. The lowest BCUT2D eigenvalue weighted by Crippen LogP contribution is -2.55. The van der Waals surface area contributed by atoms with E-state index in [0.717, 1.165) is 64.8 Å². The smallest absolute Gasteiger partial charge is 0.225 e. The molecule has 3 fully saturated rings. The van der Waals surface area contributed by atoms with Gasteiger partial charge < -0.3 is 10.0 Å². The van der Waals surface area contributed by atoms with Crippen LogP contribution in [0.2, 0.25) is 0 Å². The third kappa shape index (κ3) is 4.07. The minimum atomic E-state index is 0.215. The largest absolute Gasteiger partial charge is 0.396 e. The molecule has 4 rings (SSSR count). The number of amides is 1. The van der Waals surface area contributed by atoms with Gasteiger partial charge in [0.25, 0.3) is 0 Å². The lowest BCUT2D eigenvalue weighted by molar-refractivity contribution is -0.142. The molecule has 1 spiro atoms. The molecular formula is C23H34N2O2. The summed E-state index contributed by atoms with van der Waals surface area (Å²) in [6.07, 6.45) is 7.91. The van der Waals surface area contributed by atoms with Crippen molar-refractivity contribution in [1.82, 2.24) is 9.80 Å². The number of carbonyl (C=O) groups is 1. The van der Waals surface area contributed by atoms with Gasteiger partial charge in [-0.25, -0.2) is 0 Å². The Morgan fingerprint density at radius 1 is 1.04 bits per heavy atom. The molecule has 1 saturated carbocycles. The zero-order valence-electron chi connectivity index (χ0n) is 16.5. The second-order valence-electron chi connectivity index (χ2n) is 9.02. The summed E-state index contributed by atoms with van der Waals surface area (Å²) in [4.78, 5) is 17.5. The van der Waals surface area contributed by atoms with E-state index in [-0.39, 0.29) is 23.9 Å². The Balaban J connectivity index is 1.34. The van der Waals surface area contributed by atoms with Crippen molar-refractivity contribution < 1.29 is 9.90 Å². The highest BCUT2D eigenvalue weighted by molar-refractivity contribution is 5.79. The lowest BCUT2D eigenvalue weighted by atomic mass is 9.64. The molecule has 2 heterocycles. The summed E-state index contributed by atoms with van der Waals surface area (Å²) in [6.45, 7) is 5.10. The standard InChI is InChI=1S/C23H34N2O2/c26-18-21-17-25(22(27)20-8-4-5-9-20)15-12-23(21)10-13-24(14-11-23)16-19-6-2-1-3-7-19/h1-3,6-7,20-21,26H,4-5,8-18H2. The van der Waals surface area contributed by atoms with Crippen molar-refractivity contribution in [2.75, 3.05) is 32.8 Å². The minimum Gasteiger partial charge on any atom is -0.396 e. The van der Waals surface area contributed by atoms with Gasteiger partial charge in [0.05, 0.1) is 0 Å². The molecule has 2 saturated heterocycles. The molecule has 148 valence electrons. The molecule has 1 aromatic rings. The Kier molecular flexibility index (Phi) is 5.84. The fourth-order valence-corrected chi connectivity index (χ4v) is 5.65. The Hall–Kier alpha value is -1.39. The first-order chi connectivity index (χ1) is 13.2. The van der Waals surface area contributed by atoms with Crippen molar-refractivity contribution in [2.24, 2.45) is 17.3 Å². The molecule has 1 N–H and O–H groups in total. The number of benzene rings is 1. The summed E-state index contributed by atoms with van der Waals surface area (Å²) in [5.41, 5.74) is 1.61. The van der Waals surface area contributed by atoms with Gasteiger partial charge in [-0.3, -0.25) is 9.69 Å². The van der Waals surface area contributed by atoms with Gasteiger partial charge in [-0.15, -0.1) is 0 Å². The highest BCUT2D eigenvalue weighted by Gasteiger charge is 2.46. The van der Waals surface area contributed by atoms with E-state index in [1.165, 1.54) is 18.4 Å². The van der Waals surface area contributed by atoms with E-state index < -0.39 is 0 Å². The van der Waals surface area contributed by atoms with Crippen molar-refractivity contribution >= 4 is 5.91 Å². The van der Waals surface area contributed by atoms with Crippen molar-refractivity contribution in [3.05, 3.63) is 35.9 Å². The van der Waals surface area contributed by atoms with E-state index in [4.69, 9.17) is 0 Å². The van der Waals surface area contributed by atoms with E-state index in [2.05, 4.69) is 40.1 Å². The van der Waals surface area contributed by atoms with Crippen LogP contribution >= 0.6 is 0 Å². The van der Waals surface area contributed by atoms with Crippen LogP contribution in [-0.2, 0) is 11.3 Å². The molecule has 0 bridgehead atoms. The Morgan fingerprint density at radius 3 is 2.37 bits per heavy atom. The van der Waals surface area contributed by atoms with E-state index in [1.54, 1.807) is 0 Å². The molecule has 1 aliphatic carbocycles. The predicted molar refractivity (Wildman–Crippen MR) is 107 cm³/mol. The summed E-state index contributed by atoms with van der Waals surface area (Å²) < 4.78 is 0. The molecule has 1 amide bonds. The van der Waals surface area contributed by atoms with Crippen LogP contribution in [0.15, 0.2) is 30.3 Å². The van der Waals surface area contributed by atoms with Crippen molar-refractivity contribution in [1.29, 1.82) is 0 Å². The van der Waals surface area contributed by atoms with Crippen molar-refractivity contribution in [3.8, 4) is 0 Å². The maximum absolute atomic E-state index is 12.8. The van der Waals surface area contributed by atoms with Gasteiger partial charge in [-0.05, 0) is 56.2 Å². The van der Waals surface area contributed by atoms with Crippen LogP contribution in [0.25, 0.3) is 0 Å². The Bertz CT molecular complexity index is 619. The maximum atomic E-state index is 12.8. The summed E-state index contributed by atoms with van der Waals surface area (Å²) in [7, 11) is 0. The number of aliphatic hydroxyl groups is 1. The topological polar surface area (TPSA) is 43.8 Å². The predicted octanol–water partition coefficient (Wildman–Crippen LogP) is 3.30. The van der Waals surface area contributed by atoms with Crippen molar-refractivity contribution in [3.63, 3.8) is 0 Å². The summed E-state index contributed by atoms with van der Waals surface area (Å²) >= 11 is 0. The van der Waals surface area contributed by atoms with Gasteiger partial charge in [-0.2, -0.15) is 0 Å². The van der Waals surface area contributed by atoms with E-state index in [0.29, 0.717) is 5.91 Å². The van der Waals surface area contributed by atoms with Crippen LogP contribution in [0.1, 0.15) is 50.5 Å². The molecule has 2 aliphatic heterocycles. The van der Waals surface area contributed by atoms with Crippen LogP contribution in [-0.4, -0.2) is 53.6 Å². The van der Waals surface area contributed by atoms with Crippen LogP contribution < -0.4 is 0 Å². The van der Waals surface area contributed by atoms with Gasteiger partial charge in [0.1, 0.15) is 0 Å². The molecule has 1 atom stereocenters. The first-order valence-electron chi connectivity index (χ1n) is 10.9. The average molecular weight is 371 g/mol. The number of hydrogen-bond donors (Lipinski definition) is 1. The molecular weight excluding hydrogens is 336 g/mol. The molecule has 0 radical (unpaired) electrons. The first-order valence-corrected chi connectivity index (χ1v) is 10.9. The minimum absolute atomic E-state index is 0.215. The number of piperidine rings is 2. The van der Waals surface area contributed by atoms with Gasteiger partial charge in [0.15, 0.2) is 0 Å². The van der Waals surface area contributed by atoms with E-state index in [9.17, 15) is 9.90 Å². The molecule has 3 aliphatic rings. The van der Waals surface area contributed by atoms with Crippen LogP contribution in [0.3, 0.4) is 0 Å². The molecule has 4 nitrogen and oxygen atoms in total. The molecule has 1 aromatic carbocycles. The van der Waals surface area contributed by atoms with E-state index >= 15 is 0 Å². The SMILES string of the molecule is O=C(C1CCCC1)N1CCC2(CCN(Cc3ccccc3)CC2)C(CO)C1. The normalized spacial score (nSPS) is 26.6. The van der Waals surface area contributed by atoms with E-state index in [1.807, 2.05) is 0 Å². The molecule has 4 heteroatoms. The van der Waals surface area contributed by atoms with Gasteiger partial charge in [0.2, 0.25) is 5.91 Å². The zero-order chi connectivity index (χ0) is 18.7. The summed E-state index contributed by atoms with van der Waals surface area (Å²) in [5, 5.41) is 10.1. The number of carbonyl (C=O) groups excluding carboxylic acids is 1. The molecule has 1 unspecified atom stereocenters. The lowest BCUT2D eigenvalue weighted by Gasteiger charge is -2.51. The number of likely N-dealkylation sites (tertiary alicyclic amines) is 2. The molecule has 27 heavy (non-hydrogen) atoms. The van der Waals surface area contributed by atoms with Crippen LogP contribution in [0.5, 0.6) is 0 Å². The first kappa shape index (κ1) is 18.9. The van der Waals surface area contributed by atoms with Gasteiger partial charge in [0, 0.05) is 38.1 Å². The summed E-state index contributed by atoms with van der Waals surface area (Å²) in [6, 6.07) is 10.7. The third-order valence-corrected chi connectivity index (χ3v) is 7.52. The highest BCUT2D eigenvalue weighted by atomic mass is 16.3. The Labute approximate surface area is 163 Å². The second-order valence-corrected chi connectivity index (χ2v) is 9.02. The van der Waals surface area contributed by atoms with Gasteiger partial charge in [-0.1, -0.05) is 43.2 Å². The monoisotopic (exact) mass is 370 g/mol. The number of nitrogens with zero attached hydrogens (tertiary/aromatic N) is 2. The fourth-order valence-electron chi connectivity index (χ4n) is 5.65. The molecule has 0 aromatic heterocycles. The quantitative estimate of drug-likeness (QED) is 0.884. The van der Waals surface area contributed by atoms with Crippen molar-refractivity contribution in [2.45, 2.75) is 51.5 Å². The third-order valence-electron chi connectivity index (χ3n) is 7.52. The Morgan fingerprint density at radius 2 is 1.70 bits per heavy atom. The van der Waals surface area contributed by atoms with Crippen LogP contribution in [0.4, 0.5) is 0 Å². The van der Waals surface area contributed by atoms with Crippen LogP contribution in [0, 0.1) is 17.3 Å². The maximum Gasteiger partial charge on any atom is 0.225 e. The number of aliphatic hydroxyl groups excluding tert-OH is 1. The summed E-state index contributed by atoms with van der Waals surface area (Å²) in [5.74, 6) is 0.865. The highest BCUT2D eigenvalue weighted by Crippen LogP contribution is 2.45. The number of rotatable bonds is 4. The number of hydrogen-bond acceptors (Lipinski definition) is 3.